The van der Waals surface area contributed by atoms with Crippen molar-refractivity contribution in [1.29, 1.82) is 0 Å². The summed E-state index contributed by atoms with van der Waals surface area (Å²) < 4.78 is 5.34. The Morgan fingerprint density at radius 1 is 1.12 bits per heavy atom. The first-order chi connectivity index (χ1) is 15.5. The molecule has 0 radical (unpaired) electrons. The van der Waals surface area contributed by atoms with E-state index in [-0.39, 0.29) is 11.9 Å². The molecule has 1 aromatic carbocycles. The van der Waals surface area contributed by atoms with Crippen LogP contribution in [-0.2, 0) is 4.79 Å². The Balaban J connectivity index is 1.41. The van der Waals surface area contributed by atoms with Gasteiger partial charge in [-0.2, -0.15) is 0 Å². The lowest BCUT2D eigenvalue weighted by Crippen LogP contribution is -2.45. The van der Waals surface area contributed by atoms with Crippen molar-refractivity contribution in [3.63, 3.8) is 0 Å². The van der Waals surface area contributed by atoms with Gasteiger partial charge in [0, 0.05) is 70.7 Å². The Kier molecular flexibility index (Phi) is 9.02. The molecule has 8 nitrogen and oxygen atoms in total. The number of nitrogens with one attached hydrogen (secondary N) is 1. The maximum Gasteiger partial charge on any atom is 0.317 e. The molecule has 1 aromatic rings. The normalized spacial score (nSPS) is 19.5. The summed E-state index contributed by atoms with van der Waals surface area (Å²) in [6.07, 6.45) is 1.96. The molecule has 2 saturated heterocycles. The number of rotatable bonds is 8. The SMILES string of the molecule is CCN(CC)C(=O)CN1CCCN(C(=O)NCC2CCN(c3cccc(OC)c3)C2)CC1. The molecule has 32 heavy (non-hydrogen) atoms. The Morgan fingerprint density at radius 2 is 1.94 bits per heavy atom. The fraction of sp³-hybridized carbons (Fsp3) is 0.667. The summed E-state index contributed by atoms with van der Waals surface area (Å²) in [6, 6.07) is 8.16. The third-order valence-electron chi connectivity index (χ3n) is 6.60. The molecule has 0 saturated carbocycles. The van der Waals surface area contributed by atoms with Gasteiger partial charge in [-0.25, -0.2) is 4.79 Å². The van der Waals surface area contributed by atoms with Crippen LogP contribution in [0.5, 0.6) is 5.75 Å². The van der Waals surface area contributed by atoms with E-state index < -0.39 is 0 Å². The van der Waals surface area contributed by atoms with Gasteiger partial charge < -0.3 is 24.8 Å². The molecule has 2 heterocycles. The standard InChI is InChI=1S/C24H39N5O3/c1-4-27(5-2)23(30)19-26-11-7-12-28(15-14-26)24(31)25-17-20-10-13-29(18-20)21-8-6-9-22(16-21)32-3/h6,8-9,16,20H,4-5,7,10-15,17-19H2,1-3H3,(H,25,31). The van der Waals surface area contributed by atoms with Crippen LogP contribution in [0.2, 0.25) is 0 Å². The van der Waals surface area contributed by atoms with Crippen molar-refractivity contribution in [3.8, 4) is 5.75 Å². The van der Waals surface area contributed by atoms with Crippen molar-refractivity contribution < 1.29 is 14.3 Å². The van der Waals surface area contributed by atoms with Gasteiger partial charge in [-0.1, -0.05) is 6.07 Å². The van der Waals surface area contributed by atoms with Crippen LogP contribution in [0.4, 0.5) is 10.5 Å². The molecule has 0 bridgehead atoms. The van der Waals surface area contributed by atoms with E-state index >= 15 is 0 Å². The molecule has 2 aliphatic heterocycles. The van der Waals surface area contributed by atoms with Crippen molar-refractivity contribution in [2.75, 3.05) is 77.5 Å². The molecule has 0 aromatic heterocycles. The molecule has 8 heteroatoms. The fourth-order valence-corrected chi connectivity index (χ4v) is 4.58. The largest absolute Gasteiger partial charge is 0.497 e. The molecule has 3 rings (SSSR count). The summed E-state index contributed by atoms with van der Waals surface area (Å²) in [7, 11) is 1.69. The van der Waals surface area contributed by atoms with Gasteiger partial charge in [0.1, 0.15) is 5.75 Å². The van der Waals surface area contributed by atoms with Crippen molar-refractivity contribution in [3.05, 3.63) is 24.3 Å². The zero-order chi connectivity index (χ0) is 22.9. The average Bonchev–Trinajstić information content (AvgIpc) is 3.17. The summed E-state index contributed by atoms with van der Waals surface area (Å²) in [6.45, 7) is 11.6. The molecule has 1 atom stereocenters. The Bertz CT molecular complexity index is 755. The van der Waals surface area contributed by atoms with E-state index in [2.05, 4.69) is 27.2 Å². The molecule has 0 aliphatic carbocycles. The third-order valence-corrected chi connectivity index (χ3v) is 6.60. The average molecular weight is 446 g/mol. The minimum atomic E-state index is 0.0155. The number of amides is 3. The highest BCUT2D eigenvalue weighted by molar-refractivity contribution is 5.78. The lowest BCUT2D eigenvalue weighted by Gasteiger charge is -2.25. The van der Waals surface area contributed by atoms with Crippen LogP contribution in [-0.4, -0.2) is 99.2 Å². The molecule has 2 fully saturated rings. The monoisotopic (exact) mass is 445 g/mol. The van der Waals surface area contributed by atoms with E-state index in [0.29, 0.717) is 25.6 Å². The number of hydrogen-bond donors (Lipinski definition) is 1. The van der Waals surface area contributed by atoms with Crippen LogP contribution < -0.4 is 15.0 Å². The van der Waals surface area contributed by atoms with Crippen molar-refractivity contribution in [2.45, 2.75) is 26.7 Å². The zero-order valence-electron chi connectivity index (χ0n) is 19.9. The smallest absolute Gasteiger partial charge is 0.317 e. The molecular formula is C24H39N5O3. The number of carbonyl (C=O) groups excluding carboxylic acids is 2. The van der Waals surface area contributed by atoms with E-state index in [0.717, 1.165) is 64.4 Å². The number of hydrogen-bond acceptors (Lipinski definition) is 5. The number of anilines is 1. The highest BCUT2D eigenvalue weighted by Crippen LogP contribution is 2.26. The van der Waals surface area contributed by atoms with Crippen LogP contribution in [0.1, 0.15) is 26.7 Å². The third kappa shape index (κ3) is 6.51. The number of methoxy groups -OCH3 is 1. The maximum absolute atomic E-state index is 12.8. The minimum Gasteiger partial charge on any atom is -0.497 e. The number of benzene rings is 1. The number of ether oxygens (including phenoxy) is 1. The van der Waals surface area contributed by atoms with E-state index in [1.807, 2.05) is 35.8 Å². The predicted molar refractivity (Wildman–Crippen MR) is 127 cm³/mol. The zero-order valence-corrected chi connectivity index (χ0v) is 19.9. The molecule has 1 unspecified atom stereocenters. The predicted octanol–water partition coefficient (Wildman–Crippen LogP) is 2.11. The molecule has 2 aliphatic rings. The van der Waals surface area contributed by atoms with Crippen LogP contribution in [0.3, 0.4) is 0 Å². The molecule has 0 spiro atoms. The summed E-state index contributed by atoms with van der Waals surface area (Å²) in [5.74, 6) is 1.49. The second kappa shape index (κ2) is 11.9. The van der Waals surface area contributed by atoms with Crippen LogP contribution in [0, 0.1) is 5.92 Å². The Morgan fingerprint density at radius 3 is 2.69 bits per heavy atom. The first-order valence-corrected chi connectivity index (χ1v) is 12.0. The Hall–Kier alpha value is -2.48. The quantitative estimate of drug-likeness (QED) is 0.664. The highest BCUT2D eigenvalue weighted by atomic mass is 16.5. The summed E-state index contributed by atoms with van der Waals surface area (Å²) in [4.78, 5) is 33.5. The lowest BCUT2D eigenvalue weighted by molar-refractivity contribution is -0.132. The molecule has 3 amide bonds. The van der Waals surface area contributed by atoms with Crippen molar-refractivity contribution >= 4 is 17.6 Å². The van der Waals surface area contributed by atoms with Gasteiger partial charge >= 0.3 is 6.03 Å². The minimum absolute atomic E-state index is 0.0155. The Labute approximate surface area is 192 Å². The number of carbonyl (C=O) groups is 2. The van der Waals surface area contributed by atoms with E-state index in [9.17, 15) is 9.59 Å². The van der Waals surface area contributed by atoms with Crippen LogP contribution >= 0.6 is 0 Å². The molecular weight excluding hydrogens is 406 g/mol. The maximum atomic E-state index is 12.8. The van der Waals surface area contributed by atoms with Gasteiger partial charge in [0.15, 0.2) is 0 Å². The molecule has 1 N–H and O–H groups in total. The van der Waals surface area contributed by atoms with Gasteiger partial charge in [0.25, 0.3) is 0 Å². The van der Waals surface area contributed by atoms with E-state index in [1.54, 1.807) is 7.11 Å². The van der Waals surface area contributed by atoms with Gasteiger partial charge in [-0.15, -0.1) is 0 Å². The topological polar surface area (TPSA) is 68.4 Å². The second-order valence-electron chi connectivity index (χ2n) is 8.67. The van der Waals surface area contributed by atoms with Crippen LogP contribution in [0.25, 0.3) is 0 Å². The first-order valence-electron chi connectivity index (χ1n) is 12.0. The van der Waals surface area contributed by atoms with Gasteiger partial charge in [0.2, 0.25) is 5.91 Å². The fourth-order valence-electron chi connectivity index (χ4n) is 4.58. The van der Waals surface area contributed by atoms with Gasteiger partial charge in [-0.05, 0) is 44.7 Å². The second-order valence-corrected chi connectivity index (χ2v) is 8.67. The lowest BCUT2D eigenvalue weighted by atomic mass is 10.1. The summed E-state index contributed by atoms with van der Waals surface area (Å²) in [5.41, 5.74) is 1.17. The summed E-state index contributed by atoms with van der Waals surface area (Å²) in [5, 5.41) is 3.15. The van der Waals surface area contributed by atoms with Gasteiger partial charge in [-0.3, -0.25) is 9.69 Å². The molecule has 178 valence electrons. The van der Waals surface area contributed by atoms with E-state index in [4.69, 9.17) is 4.74 Å². The number of nitrogens with zero attached hydrogens (tertiary/aromatic N) is 4. The van der Waals surface area contributed by atoms with Crippen molar-refractivity contribution in [2.24, 2.45) is 5.92 Å². The van der Waals surface area contributed by atoms with E-state index in [1.165, 1.54) is 5.69 Å². The highest BCUT2D eigenvalue weighted by Gasteiger charge is 2.25. The number of likely N-dealkylation sites (N-methyl/N-ethyl adjacent to an activating group) is 1. The van der Waals surface area contributed by atoms with Crippen molar-refractivity contribution in [1.82, 2.24) is 20.0 Å². The number of urea groups is 1. The van der Waals surface area contributed by atoms with Crippen LogP contribution in [0.15, 0.2) is 24.3 Å². The first kappa shape index (κ1) is 24.2. The van der Waals surface area contributed by atoms with Gasteiger partial charge in [0.05, 0.1) is 13.7 Å². The summed E-state index contributed by atoms with van der Waals surface area (Å²) >= 11 is 0.